The molecule has 4 nitrogen and oxygen atoms in total. The van der Waals surface area contributed by atoms with Crippen LogP contribution < -0.4 is 10.6 Å². The average molecular weight is 254 g/mol. The molecule has 1 aliphatic rings. The molecular formula is C12H22N4S. The van der Waals surface area contributed by atoms with E-state index in [1.165, 1.54) is 5.13 Å². The molecule has 0 bridgehead atoms. The minimum Gasteiger partial charge on any atom is -0.346 e. The molecule has 1 fully saturated rings. The maximum atomic E-state index is 5.80. The van der Waals surface area contributed by atoms with Crippen molar-refractivity contribution in [1.82, 2.24) is 9.88 Å². The van der Waals surface area contributed by atoms with Crippen LogP contribution in [0.2, 0.25) is 0 Å². The van der Waals surface area contributed by atoms with Gasteiger partial charge in [0.1, 0.15) is 0 Å². The van der Waals surface area contributed by atoms with Crippen molar-refractivity contribution >= 4 is 16.5 Å². The molecule has 1 aromatic rings. The smallest absolute Gasteiger partial charge is 0.185 e. The second-order valence-electron chi connectivity index (χ2n) is 4.59. The number of thiazole rings is 1. The number of nitrogens with two attached hydrogens (primary N) is 1. The van der Waals surface area contributed by atoms with Crippen LogP contribution in [-0.2, 0) is 0 Å². The number of hydrogen-bond donors (Lipinski definition) is 1. The molecule has 5 heteroatoms. The number of aryl methyl sites for hydroxylation is 1. The van der Waals surface area contributed by atoms with E-state index in [0.29, 0.717) is 6.04 Å². The third-order valence-electron chi connectivity index (χ3n) is 3.45. The maximum absolute atomic E-state index is 5.80. The first-order valence-electron chi connectivity index (χ1n) is 6.35. The third kappa shape index (κ3) is 2.97. The highest BCUT2D eigenvalue weighted by atomic mass is 32.1. The summed E-state index contributed by atoms with van der Waals surface area (Å²) in [5.74, 6) is 0. The first-order chi connectivity index (χ1) is 8.24. The van der Waals surface area contributed by atoms with Gasteiger partial charge in [-0.1, -0.05) is 6.92 Å². The van der Waals surface area contributed by atoms with Gasteiger partial charge in [-0.25, -0.2) is 4.98 Å². The quantitative estimate of drug-likeness (QED) is 0.880. The molecule has 17 heavy (non-hydrogen) atoms. The summed E-state index contributed by atoms with van der Waals surface area (Å²) < 4.78 is 0. The predicted octanol–water partition coefficient (Wildman–Crippen LogP) is 1.31. The normalized spacial score (nSPS) is 19.6. The van der Waals surface area contributed by atoms with E-state index in [0.717, 1.165) is 44.8 Å². The van der Waals surface area contributed by atoms with E-state index >= 15 is 0 Å². The van der Waals surface area contributed by atoms with E-state index in [-0.39, 0.29) is 0 Å². The SMILES string of the molecule is CCC(CN)N1CCN(c2nc(C)cs2)CC1. The fraction of sp³-hybridized carbons (Fsp3) is 0.750. The number of hydrogen-bond acceptors (Lipinski definition) is 5. The van der Waals surface area contributed by atoms with Crippen LogP contribution in [0.1, 0.15) is 19.0 Å². The molecule has 1 atom stereocenters. The molecule has 2 N–H and O–H groups in total. The molecule has 96 valence electrons. The Morgan fingerprint density at radius 2 is 2.12 bits per heavy atom. The summed E-state index contributed by atoms with van der Waals surface area (Å²) in [7, 11) is 0. The van der Waals surface area contributed by atoms with Crippen molar-refractivity contribution < 1.29 is 0 Å². The molecule has 0 amide bonds. The van der Waals surface area contributed by atoms with Gasteiger partial charge < -0.3 is 10.6 Å². The van der Waals surface area contributed by atoms with E-state index in [1.54, 1.807) is 11.3 Å². The fourth-order valence-electron chi connectivity index (χ4n) is 2.34. The van der Waals surface area contributed by atoms with Gasteiger partial charge >= 0.3 is 0 Å². The van der Waals surface area contributed by atoms with Crippen molar-refractivity contribution in [3.05, 3.63) is 11.1 Å². The maximum Gasteiger partial charge on any atom is 0.185 e. The monoisotopic (exact) mass is 254 g/mol. The van der Waals surface area contributed by atoms with E-state index in [4.69, 9.17) is 5.73 Å². The van der Waals surface area contributed by atoms with Crippen LogP contribution in [0, 0.1) is 6.92 Å². The Labute approximate surface area is 107 Å². The molecule has 1 unspecified atom stereocenters. The van der Waals surface area contributed by atoms with E-state index in [9.17, 15) is 0 Å². The van der Waals surface area contributed by atoms with Crippen LogP contribution in [0.25, 0.3) is 0 Å². The minimum atomic E-state index is 0.551. The summed E-state index contributed by atoms with van der Waals surface area (Å²) in [6.45, 7) is 9.40. The summed E-state index contributed by atoms with van der Waals surface area (Å²) in [5, 5.41) is 3.29. The van der Waals surface area contributed by atoms with Gasteiger partial charge in [-0.05, 0) is 13.3 Å². The van der Waals surface area contributed by atoms with E-state index in [2.05, 4.69) is 34.0 Å². The van der Waals surface area contributed by atoms with Gasteiger partial charge in [-0.15, -0.1) is 11.3 Å². The van der Waals surface area contributed by atoms with Crippen molar-refractivity contribution in [2.45, 2.75) is 26.3 Å². The zero-order valence-electron chi connectivity index (χ0n) is 10.7. The van der Waals surface area contributed by atoms with Gasteiger partial charge in [-0.2, -0.15) is 0 Å². The Morgan fingerprint density at radius 3 is 2.59 bits per heavy atom. The predicted molar refractivity (Wildman–Crippen MR) is 73.8 cm³/mol. The summed E-state index contributed by atoms with van der Waals surface area (Å²) in [5.41, 5.74) is 6.92. The Balaban J connectivity index is 1.89. The van der Waals surface area contributed by atoms with Crippen molar-refractivity contribution in [2.24, 2.45) is 5.73 Å². The first kappa shape index (κ1) is 12.8. The molecule has 1 saturated heterocycles. The number of rotatable bonds is 4. The highest BCUT2D eigenvalue weighted by molar-refractivity contribution is 7.13. The van der Waals surface area contributed by atoms with Gasteiger partial charge in [0.15, 0.2) is 5.13 Å². The Hall–Kier alpha value is -0.650. The molecule has 0 radical (unpaired) electrons. The second kappa shape index (κ2) is 5.80. The minimum absolute atomic E-state index is 0.551. The second-order valence-corrected chi connectivity index (χ2v) is 5.43. The van der Waals surface area contributed by atoms with Crippen molar-refractivity contribution in [3.63, 3.8) is 0 Å². The zero-order valence-corrected chi connectivity index (χ0v) is 11.5. The Kier molecular flexibility index (Phi) is 4.36. The highest BCUT2D eigenvalue weighted by Crippen LogP contribution is 2.21. The lowest BCUT2D eigenvalue weighted by Crippen LogP contribution is -2.52. The zero-order chi connectivity index (χ0) is 12.3. The first-order valence-corrected chi connectivity index (χ1v) is 7.23. The molecule has 2 heterocycles. The van der Waals surface area contributed by atoms with Crippen LogP contribution >= 0.6 is 11.3 Å². The van der Waals surface area contributed by atoms with Crippen LogP contribution in [0.15, 0.2) is 5.38 Å². The lowest BCUT2D eigenvalue weighted by molar-refractivity contribution is 0.184. The summed E-state index contributed by atoms with van der Waals surface area (Å²) in [6.07, 6.45) is 1.15. The van der Waals surface area contributed by atoms with Crippen LogP contribution in [0.5, 0.6) is 0 Å². The molecule has 1 aromatic heterocycles. The van der Waals surface area contributed by atoms with Crippen molar-refractivity contribution in [2.75, 3.05) is 37.6 Å². The van der Waals surface area contributed by atoms with Crippen LogP contribution in [0.3, 0.4) is 0 Å². The lowest BCUT2D eigenvalue weighted by atomic mass is 10.1. The van der Waals surface area contributed by atoms with Gasteiger partial charge in [0.25, 0.3) is 0 Å². The molecule has 0 saturated carbocycles. The summed E-state index contributed by atoms with van der Waals surface area (Å²) in [4.78, 5) is 9.44. The van der Waals surface area contributed by atoms with Crippen molar-refractivity contribution in [3.8, 4) is 0 Å². The largest absolute Gasteiger partial charge is 0.346 e. The van der Waals surface area contributed by atoms with E-state index in [1.807, 2.05) is 0 Å². The topological polar surface area (TPSA) is 45.4 Å². The molecule has 2 rings (SSSR count). The molecule has 0 aromatic carbocycles. The number of nitrogens with zero attached hydrogens (tertiary/aromatic N) is 3. The number of piperazine rings is 1. The van der Waals surface area contributed by atoms with Gasteiger partial charge in [0, 0.05) is 44.1 Å². The molecule has 0 aliphatic carbocycles. The fourth-order valence-corrected chi connectivity index (χ4v) is 3.20. The molecule has 0 spiro atoms. The average Bonchev–Trinajstić information content (AvgIpc) is 2.78. The van der Waals surface area contributed by atoms with Gasteiger partial charge in [0.05, 0.1) is 5.69 Å². The third-order valence-corrected chi connectivity index (χ3v) is 4.47. The summed E-state index contributed by atoms with van der Waals surface area (Å²) in [6, 6.07) is 0.551. The molecule has 1 aliphatic heterocycles. The van der Waals surface area contributed by atoms with Crippen molar-refractivity contribution in [1.29, 1.82) is 0 Å². The highest BCUT2D eigenvalue weighted by Gasteiger charge is 2.22. The lowest BCUT2D eigenvalue weighted by Gasteiger charge is -2.38. The van der Waals surface area contributed by atoms with Gasteiger partial charge in [0.2, 0.25) is 0 Å². The van der Waals surface area contributed by atoms with Gasteiger partial charge in [-0.3, -0.25) is 4.90 Å². The van der Waals surface area contributed by atoms with E-state index < -0.39 is 0 Å². The molecular weight excluding hydrogens is 232 g/mol. The Morgan fingerprint density at radius 1 is 1.41 bits per heavy atom. The number of anilines is 1. The van der Waals surface area contributed by atoms with Crippen LogP contribution in [0.4, 0.5) is 5.13 Å². The Bertz CT molecular complexity index is 340. The number of aromatic nitrogens is 1. The standard InChI is InChI=1S/C12H22N4S/c1-3-11(8-13)15-4-6-16(7-5-15)12-14-10(2)9-17-12/h9,11H,3-8,13H2,1-2H3. The van der Waals surface area contributed by atoms with Crippen LogP contribution in [-0.4, -0.2) is 48.6 Å². The summed E-state index contributed by atoms with van der Waals surface area (Å²) >= 11 is 1.75.